The fourth-order valence-electron chi connectivity index (χ4n) is 3.60. The summed E-state index contributed by atoms with van der Waals surface area (Å²) < 4.78 is 0. The van der Waals surface area contributed by atoms with E-state index in [1.807, 2.05) is 62.4 Å². The molecule has 1 saturated heterocycles. The fourth-order valence-corrected chi connectivity index (χ4v) is 3.60. The maximum atomic E-state index is 12.6. The quantitative estimate of drug-likeness (QED) is 0.676. The van der Waals surface area contributed by atoms with Gasteiger partial charge in [0.25, 0.3) is 5.91 Å². The van der Waals surface area contributed by atoms with Gasteiger partial charge in [-0.3, -0.25) is 14.5 Å². The third kappa shape index (κ3) is 4.83. The smallest absolute Gasteiger partial charge is 0.325 e. The first kappa shape index (κ1) is 20.6. The van der Waals surface area contributed by atoms with E-state index in [0.717, 1.165) is 40.1 Å². The summed E-state index contributed by atoms with van der Waals surface area (Å²) in [5.41, 5.74) is 3.97. The van der Waals surface area contributed by atoms with Crippen LogP contribution in [-0.4, -0.2) is 35.3 Å². The van der Waals surface area contributed by atoms with Gasteiger partial charge < -0.3 is 10.6 Å². The highest BCUT2D eigenvalue weighted by Gasteiger charge is 2.38. The van der Waals surface area contributed by atoms with Gasteiger partial charge >= 0.3 is 6.03 Å². The Morgan fingerprint density at radius 3 is 2.28 bits per heavy atom. The van der Waals surface area contributed by atoms with Crippen LogP contribution in [0.4, 0.5) is 10.5 Å². The molecule has 6 heteroatoms. The molecule has 0 bridgehead atoms. The Hall–Kier alpha value is -3.15. The van der Waals surface area contributed by atoms with Gasteiger partial charge in [-0.1, -0.05) is 62.4 Å². The summed E-state index contributed by atoms with van der Waals surface area (Å²) in [5, 5.41) is 5.60. The molecule has 4 amide bonds. The summed E-state index contributed by atoms with van der Waals surface area (Å²) in [6, 6.07) is 14.6. The number of nitrogens with one attached hydrogen (secondary N) is 2. The predicted octanol–water partition coefficient (Wildman–Crippen LogP) is 3.30. The minimum Gasteiger partial charge on any atom is -0.326 e. The van der Waals surface area contributed by atoms with Crippen molar-refractivity contribution in [1.29, 1.82) is 0 Å². The lowest BCUT2D eigenvalue weighted by molar-refractivity contribution is -0.130. The van der Waals surface area contributed by atoms with Gasteiger partial charge in [0.2, 0.25) is 5.91 Å². The second-order valence-corrected chi connectivity index (χ2v) is 7.16. The zero-order valence-corrected chi connectivity index (χ0v) is 16.9. The van der Waals surface area contributed by atoms with E-state index < -0.39 is 12.1 Å². The van der Waals surface area contributed by atoms with Crippen LogP contribution in [0.25, 0.3) is 0 Å². The molecule has 0 saturated carbocycles. The highest BCUT2D eigenvalue weighted by molar-refractivity contribution is 6.08. The number of nitrogens with zero attached hydrogens (tertiary/aromatic N) is 1. The molecule has 1 aliphatic rings. The summed E-state index contributed by atoms with van der Waals surface area (Å²) in [5.74, 6) is -0.714. The van der Waals surface area contributed by atoms with Gasteiger partial charge in [0.05, 0.1) is 0 Å². The first-order valence-electron chi connectivity index (χ1n) is 10.1. The molecule has 152 valence electrons. The SMILES string of the molecule is CCc1cccc(CC)c1NC(=O)CN1C(=O)N[C@H](CCc2ccccc2)C1=O. The maximum absolute atomic E-state index is 12.6. The fraction of sp³-hybridized carbons (Fsp3) is 0.348. The maximum Gasteiger partial charge on any atom is 0.325 e. The standard InChI is InChI=1S/C23H27N3O3/c1-3-17-11-8-12-18(4-2)21(17)25-20(27)15-26-22(28)19(24-23(26)29)14-13-16-9-6-5-7-10-16/h5-12,19H,3-4,13-15H2,1-2H3,(H,24,29)(H,25,27)/t19-/m1/s1. The Kier molecular flexibility index (Phi) is 6.65. The second-order valence-electron chi connectivity index (χ2n) is 7.16. The van der Waals surface area contributed by atoms with Gasteiger partial charge in [-0.15, -0.1) is 0 Å². The van der Waals surface area contributed by atoms with E-state index in [2.05, 4.69) is 10.6 Å². The van der Waals surface area contributed by atoms with Crippen molar-refractivity contribution in [3.8, 4) is 0 Å². The Labute approximate surface area is 171 Å². The molecule has 0 radical (unpaired) electrons. The average molecular weight is 393 g/mol. The number of aryl methyl sites for hydroxylation is 3. The number of hydrogen-bond acceptors (Lipinski definition) is 3. The van der Waals surface area contributed by atoms with Gasteiger partial charge in [-0.05, 0) is 42.4 Å². The lowest BCUT2D eigenvalue weighted by atomic mass is 10.0. The van der Waals surface area contributed by atoms with Gasteiger partial charge in [-0.25, -0.2) is 4.79 Å². The summed E-state index contributed by atoms with van der Waals surface area (Å²) in [6.45, 7) is 3.77. The van der Waals surface area contributed by atoms with Crippen LogP contribution in [0.1, 0.15) is 37.0 Å². The number of urea groups is 1. The van der Waals surface area contributed by atoms with Crippen LogP contribution in [0.5, 0.6) is 0 Å². The Bertz CT molecular complexity index is 873. The van der Waals surface area contributed by atoms with Crippen molar-refractivity contribution in [2.45, 2.75) is 45.6 Å². The van der Waals surface area contributed by atoms with Crippen molar-refractivity contribution in [1.82, 2.24) is 10.2 Å². The van der Waals surface area contributed by atoms with Crippen molar-refractivity contribution in [3.63, 3.8) is 0 Å². The molecule has 1 aliphatic heterocycles. The molecule has 0 unspecified atom stereocenters. The van der Waals surface area contributed by atoms with Gasteiger partial charge in [0, 0.05) is 5.69 Å². The topological polar surface area (TPSA) is 78.5 Å². The highest BCUT2D eigenvalue weighted by atomic mass is 16.2. The van der Waals surface area contributed by atoms with Crippen molar-refractivity contribution < 1.29 is 14.4 Å². The second kappa shape index (κ2) is 9.37. The van der Waals surface area contributed by atoms with E-state index in [0.29, 0.717) is 12.8 Å². The summed E-state index contributed by atoms with van der Waals surface area (Å²) >= 11 is 0. The number of para-hydroxylation sites is 1. The van der Waals surface area contributed by atoms with Crippen molar-refractivity contribution in [3.05, 3.63) is 65.2 Å². The van der Waals surface area contributed by atoms with Crippen LogP contribution in [-0.2, 0) is 28.9 Å². The number of rotatable bonds is 8. The molecule has 2 aromatic rings. The van der Waals surface area contributed by atoms with Crippen molar-refractivity contribution in [2.75, 3.05) is 11.9 Å². The van der Waals surface area contributed by atoms with Crippen LogP contribution in [0.15, 0.2) is 48.5 Å². The Morgan fingerprint density at radius 2 is 1.66 bits per heavy atom. The van der Waals surface area contributed by atoms with E-state index in [-0.39, 0.29) is 18.4 Å². The number of amides is 4. The van der Waals surface area contributed by atoms with Crippen LogP contribution < -0.4 is 10.6 Å². The third-order valence-corrected chi connectivity index (χ3v) is 5.24. The molecule has 6 nitrogen and oxygen atoms in total. The molecule has 3 rings (SSSR count). The largest absolute Gasteiger partial charge is 0.326 e. The minimum absolute atomic E-state index is 0.284. The molecule has 1 fully saturated rings. The number of hydrogen-bond donors (Lipinski definition) is 2. The zero-order valence-electron chi connectivity index (χ0n) is 16.9. The zero-order chi connectivity index (χ0) is 20.8. The lowest BCUT2D eigenvalue weighted by Crippen LogP contribution is -2.38. The molecular formula is C23H27N3O3. The van der Waals surface area contributed by atoms with Gasteiger partial charge in [-0.2, -0.15) is 0 Å². The molecule has 1 atom stereocenters. The summed E-state index contributed by atoms with van der Waals surface area (Å²) in [7, 11) is 0. The lowest BCUT2D eigenvalue weighted by Gasteiger charge is -2.17. The molecule has 0 aliphatic carbocycles. The molecule has 29 heavy (non-hydrogen) atoms. The number of anilines is 1. The normalized spacial score (nSPS) is 16.1. The number of carbonyl (C=O) groups excluding carboxylic acids is 3. The molecule has 1 heterocycles. The van der Waals surface area contributed by atoms with Crippen LogP contribution in [0.2, 0.25) is 0 Å². The number of benzene rings is 2. The highest BCUT2D eigenvalue weighted by Crippen LogP contribution is 2.23. The molecule has 2 aromatic carbocycles. The van der Waals surface area contributed by atoms with Crippen molar-refractivity contribution >= 4 is 23.5 Å². The van der Waals surface area contributed by atoms with Crippen LogP contribution in [0.3, 0.4) is 0 Å². The Morgan fingerprint density at radius 1 is 1.00 bits per heavy atom. The first-order chi connectivity index (χ1) is 14.0. The van der Waals surface area contributed by atoms with Crippen molar-refractivity contribution in [2.24, 2.45) is 0 Å². The molecule has 2 N–H and O–H groups in total. The molecular weight excluding hydrogens is 366 g/mol. The monoisotopic (exact) mass is 393 g/mol. The third-order valence-electron chi connectivity index (χ3n) is 5.24. The van der Waals surface area contributed by atoms with Gasteiger partial charge in [0.1, 0.15) is 12.6 Å². The summed E-state index contributed by atoms with van der Waals surface area (Å²) in [6.07, 6.45) is 2.76. The summed E-state index contributed by atoms with van der Waals surface area (Å²) in [4.78, 5) is 38.5. The Balaban J connectivity index is 1.62. The molecule has 0 spiro atoms. The van der Waals surface area contributed by atoms with Crippen LogP contribution >= 0.6 is 0 Å². The first-order valence-corrected chi connectivity index (χ1v) is 10.1. The van der Waals surface area contributed by atoms with E-state index in [4.69, 9.17) is 0 Å². The predicted molar refractivity (Wildman–Crippen MR) is 113 cm³/mol. The average Bonchev–Trinajstić information content (AvgIpc) is 3.00. The number of carbonyl (C=O) groups is 3. The molecule has 0 aromatic heterocycles. The van der Waals surface area contributed by atoms with Crippen LogP contribution in [0, 0.1) is 0 Å². The van der Waals surface area contributed by atoms with E-state index in [1.165, 1.54) is 0 Å². The van der Waals surface area contributed by atoms with E-state index in [9.17, 15) is 14.4 Å². The number of imide groups is 1. The minimum atomic E-state index is -0.593. The van der Waals surface area contributed by atoms with Gasteiger partial charge in [0.15, 0.2) is 0 Å². The van der Waals surface area contributed by atoms with E-state index in [1.54, 1.807) is 0 Å². The van der Waals surface area contributed by atoms with E-state index >= 15 is 0 Å².